The van der Waals surface area contributed by atoms with E-state index in [9.17, 15) is 4.79 Å². The molecule has 1 heterocycles. The molecule has 0 spiro atoms. The second kappa shape index (κ2) is 3.54. The maximum absolute atomic E-state index is 11.6. The predicted molar refractivity (Wildman–Crippen MR) is 56.0 cm³/mol. The Morgan fingerprint density at radius 2 is 2.14 bits per heavy atom. The lowest BCUT2D eigenvalue weighted by Gasteiger charge is -2.39. The lowest BCUT2D eigenvalue weighted by atomic mass is 9.80. The number of carbonyl (C=O) groups is 1. The van der Waals surface area contributed by atoms with Crippen molar-refractivity contribution in [3.05, 3.63) is 0 Å². The number of carbonyl (C=O) groups excluding carboxylic acids is 1. The molecule has 2 fully saturated rings. The molecule has 0 aromatic rings. The highest BCUT2D eigenvalue weighted by molar-refractivity contribution is 5.82. The van der Waals surface area contributed by atoms with E-state index in [1.54, 1.807) is 0 Å². The second-order valence-electron chi connectivity index (χ2n) is 5.33. The van der Waals surface area contributed by atoms with E-state index in [4.69, 9.17) is 0 Å². The average molecular weight is 196 g/mol. The van der Waals surface area contributed by atoms with Crippen LogP contribution in [0.2, 0.25) is 0 Å². The van der Waals surface area contributed by atoms with Crippen LogP contribution in [0.1, 0.15) is 39.5 Å². The number of hydrogen-bond donors (Lipinski definition) is 2. The third-order valence-electron chi connectivity index (χ3n) is 3.38. The van der Waals surface area contributed by atoms with Crippen LogP contribution in [0, 0.1) is 5.92 Å². The van der Waals surface area contributed by atoms with Gasteiger partial charge in [-0.25, -0.2) is 0 Å². The van der Waals surface area contributed by atoms with E-state index in [0.29, 0.717) is 0 Å². The van der Waals surface area contributed by atoms with E-state index in [-0.39, 0.29) is 17.5 Å². The Morgan fingerprint density at radius 3 is 2.71 bits per heavy atom. The van der Waals surface area contributed by atoms with Gasteiger partial charge in [-0.1, -0.05) is 19.3 Å². The van der Waals surface area contributed by atoms with Crippen molar-refractivity contribution < 1.29 is 4.79 Å². The van der Waals surface area contributed by atoms with E-state index in [2.05, 4.69) is 24.5 Å². The van der Waals surface area contributed by atoms with Crippen molar-refractivity contribution in [1.82, 2.24) is 10.6 Å². The van der Waals surface area contributed by atoms with Gasteiger partial charge in [0.25, 0.3) is 0 Å². The highest BCUT2D eigenvalue weighted by Gasteiger charge is 2.34. The predicted octanol–water partition coefficient (Wildman–Crippen LogP) is 1.04. The van der Waals surface area contributed by atoms with Gasteiger partial charge in [0.2, 0.25) is 5.91 Å². The summed E-state index contributed by atoms with van der Waals surface area (Å²) in [5.41, 5.74) is 0.0579. The quantitative estimate of drug-likeness (QED) is 0.693. The van der Waals surface area contributed by atoms with Crippen LogP contribution in [-0.2, 0) is 4.79 Å². The van der Waals surface area contributed by atoms with E-state index in [1.807, 2.05) is 0 Å². The number of amides is 1. The molecule has 2 rings (SSSR count). The van der Waals surface area contributed by atoms with Crippen LogP contribution in [0.5, 0.6) is 0 Å². The van der Waals surface area contributed by atoms with Gasteiger partial charge in [-0.05, 0) is 26.2 Å². The van der Waals surface area contributed by atoms with Gasteiger partial charge in [0.05, 0.1) is 6.04 Å². The Balaban J connectivity index is 1.90. The molecule has 3 nitrogen and oxygen atoms in total. The van der Waals surface area contributed by atoms with Gasteiger partial charge in [-0.3, -0.25) is 10.1 Å². The molecule has 1 aliphatic heterocycles. The molecular formula is C11H20N2O. The fourth-order valence-electron chi connectivity index (χ4n) is 2.25. The van der Waals surface area contributed by atoms with Gasteiger partial charge in [0.1, 0.15) is 0 Å². The average Bonchev–Trinajstić information content (AvgIpc) is 2.03. The monoisotopic (exact) mass is 196 g/mol. The molecular weight excluding hydrogens is 176 g/mol. The maximum atomic E-state index is 11.6. The summed E-state index contributed by atoms with van der Waals surface area (Å²) >= 11 is 0. The van der Waals surface area contributed by atoms with Gasteiger partial charge < -0.3 is 5.32 Å². The molecule has 1 aliphatic carbocycles. The van der Waals surface area contributed by atoms with Crippen molar-refractivity contribution in [2.24, 2.45) is 5.92 Å². The molecule has 3 heteroatoms. The van der Waals surface area contributed by atoms with E-state index >= 15 is 0 Å². The largest absolute Gasteiger partial charge is 0.353 e. The van der Waals surface area contributed by atoms with Crippen LogP contribution < -0.4 is 10.6 Å². The number of piperazine rings is 1. The lowest BCUT2D eigenvalue weighted by Crippen LogP contribution is -2.64. The highest BCUT2D eigenvalue weighted by atomic mass is 16.2. The summed E-state index contributed by atoms with van der Waals surface area (Å²) < 4.78 is 0. The van der Waals surface area contributed by atoms with Gasteiger partial charge >= 0.3 is 0 Å². The topological polar surface area (TPSA) is 41.1 Å². The standard InChI is InChI=1S/C11H20N2O/c1-11(2)7-12-10(14)9(13-11)6-8-4-3-5-8/h8-9,13H,3-7H2,1-2H3,(H,12,14). The summed E-state index contributed by atoms with van der Waals surface area (Å²) in [6, 6.07) is 0.0454. The Labute approximate surface area is 85.6 Å². The fraction of sp³-hybridized carbons (Fsp3) is 0.909. The van der Waals surface area contributed by atoms with Crippen molar-refractivity contribution in [2.45, 2.75) is 51.1 Å². The van der Waals surface area contributed by atoms with E-state index in [0.717, 1.165) is 18.9 Å². The highest BCUT2D eigenvalue weighted by Crippen LogP contribution is 2.31. The van der Waals surface area contributed by atoms with Gasteiger partial charge in [0.15, 0.2) is 0 Å². The minimum atomic E-state index is 0.0454. The summed E-state index contributed by atoms with van der Waals surface area (Å²) in [5.74, 6) is 0.975. The molecule has 80 valence electrons. The molecule has 1 unspecified atom stereocenters. The minimum Gasteiger partial charge on any atom is -0.353 e. The van der Waals surface area contributed by atoms with Crippen LogP contribution in [0.3, 0.4) is 0 Å². The number of hydrogen-bond acceptors (Lipinski definition) is 2. The van der Waals surface area contributed by atoms with E-state index in [1.165, 1.54) is 19.3 Å². The molecule has 0 bridgehead atoms. The molecule has 1 atom stereocenters. The van der Waals surface area contributed by atoms with Crippen LogP contribution in [0.25, 0.3) is 0 Å². The number of rotatable bonds is 2. The van der Waals surface area contributed by atoms with Crippen molar-refractivity contribution in [3.8, 4) is 0 Å². The smallest absolute Gasteiger partial charge is 0.237 e. The molecule has 14 heavy (non-hydrogen) atoms. The normalized spacial score (nSPS) is 32.1. The van der Waals surface area contributed by atoms with Crippen molar-refractivity contribution in [2.75, 3.05) is 6.54 Å². The summed E-state index contributed by atoms with van der Waals surface area (Å²) in [4.78, 5) is 11.6. The van der Waals surface area contributed by atoms with Gasteiger partial charge in [-0.2, -0.15) is 0 Å². The van der Waals surface area contributed by atoms with Crippen LogP contribution in [0.15, 0.2) is 0 Å². The molecule has 1 saturated heterocycles. The van der Waals surface area contributed by atoms with Crippen LogP contribution in [-0.4, -0.2) is 24.0 Å². The van der Waals surface area contributed by atoms with E-state index < -0.39 is 0 Å². The summed E-state index contributed by atoms with van der Waals surface area (Å²) in [7, 11) is 0. The fourth-order valence-corrected chi connectivity index (χ4v) is 2.25. The third-order valence-corrected chi connectivity index (χ3v) is 3.38. The lowest BCUT2D eigenvalue weighted by molar-refractivity contribution is -0.126. The first-order valence-electron chi connectivity index (χ1n) is 5.62. The Bertz CT molecular complexity index is 233. The summed E-state index contributed by atoms with van der Waals surface area (Å²) in [6.07, 6.45) is 5.00. The first-order valence-corrected chi connectivity index (χ1v) is 5.62. The second-order valence-corrected chi connectivity index (χ2v) is 5.33. The van der Waals surface area contributed by atoms with Gasteiger partial charge in [-0.15, -0.1) is 0 Å². The number of nitrogens with one attached hydrogen (secondary N) is 2. The Hall–Kier alpha value is -0.570. The molecule has 2 aliphatic rings. The zero-order valence-electron chi connectivity index (χ0n) is 9.10. The molecule has 2 N–H and O–H groups in total. The van der Waals surface area contributed by atoms with Crippen molar-refractivity contribution >= 4 is 5.91 Å². The Kier molecular flexibility index (Phi) is 2.52. The first-order chi connectivity index (χ1) is 6.57. The van der Waals surface area contributed by atoms with Crippen molar-refractivity contribution in [3.63, 3.8) is 0 Å². The van der Waals surface area contributed by atoms with Crippen molar-refractivity contribution in [1.29, 1.82) is 0 Å². The molecule has 1 amide bonds. The summed E-state index contributed by atoms with van der Waals surface area (Å²) in [6.45, 7) is 5.02. The molecule has 1 saturated carbocycles. The first kappa shape index (κ1) is 9.97. The molecule has 0 aromatic carbocycles. The SMILES string of the molecule is CC1(C)CNC(=O)C(CC2CCC2)N1. The zero-order valence-corrected chi connectivity index (χ0v) is 9.10. The van der Waals surface area contributed by atoms with Gasteiger partial charge in [0, 0.05) is 12.1 Å². The minimum absolute atomic E-state index is 0.0454. The van der Waals surface area contributed by atoms with Crippen LogP contribution >= 0.6 is 0 Å². The molecule has 0 aromatic heterocycles. The van der Waals surface area contributed by atoms with Crippen LogP contribution in [0.4, 0.5) is 0 Å². The summed E-state index contributed by atoms with van der Waals surface area (Å²) in [5, 5.41) is 6.40. The molecule has 0 radical (unpaired) electrons. The Morgan fingerprint density at radius 1 is 1.43 bits per heavy atom. The third kappa shape index (κ3) is 2.08. The zero-order chi connectivity index (χ0) is 10.2. The maximum Gasteiger partial charge on any atom is 0.237 e.